The van der Waals surface area contributed by atoms with Crippen LogP contribution in [0.25, 0.3) is 0 Å². The Bertz CT molecular complexity index is 379. The number of carbonyl (C=O) groups is 1. The second-order valence-electron chi connectivity index (χ2n) is 5.85. The lowest BCUT2D eigenvalue weighted by atomic mass is 10.0. The van der Waals surface area contributed by atoms with Gasteiger partial charge in [0.15, 0.2) is 0 Å². The maximum Gasteiger partial charge on any atom is 0.324 e. The first-order valence-electron chi connectivity index (χ1n) is 5.58. The van der Waals surface area contributed by atoms with Crippen LogP contribution in [0.2, 0.25) is 0 Å². The molecule has 102 valence electrons. The highest BCUT2D eigenvalue weighted by molar-refractivity contribution is 7.89. The van der Waals surface area contributed by atoms with Crippen molar-refractivity contribution >= 4 is 16.0 Å². The molecular formula is C11H23NO4S. The smallest absolute Gasteiger partial charge is 0.324 e. The number of carboxylic acids is 1. The van der Waals surface area contributed by atoms with Crippen LogP contribution >= 0.6 is 0 Å². The summed E-state index contributed by atoms with van der Waals surface area (Å²) in [5.41, 5.74) is -1.82. The Balaban J connectivity index is 5.35. The van der Waals surface area contributed by atoms with Crippen LogP contribution in [0.5, 0.6) is 0 Å². The fourth-order valence-corrected chi connectivity index (χ4v) is 4.09. The van der Waals surface area contributed by atoms with Crippen LogP contribution in [0.1, 0.15) is 41.5 Å². The van der Waals surface area contributed by atoms with Crippen LogP contribution < -0.4 is 0 Å². The maximum atomic E-state index is 12.2. The lowest BCUT2D eigenvalue weighted by molar-refractivity contribution is -0.146. The monoisotopic (exact) mass is 265 g/mol. The summed E-state index contributed by atoms with van der Waals surface area (Å²) in [7, 11) is -3.58. The summed E-state index contributed by atoms with van der Waals surface area (Å²) in [6.45, 7) is 10.0. The van der Waals surface area contributed by atoms with Gasteiger partial charge in [-0.1, -0.05) is 27.7 Å². The lowest BCUT2D eigenvalue weighted by Crippen LogP contribution is -2.54. The number of aliphatic carboxylic acids is 1. The Kier molecular flexibility index (Phi) is 4.76. The van der Waals surface area contributed by atoms with Crippen molar-refractivity contribution in [1.29, 1.82) is 0 Å². The van der Waals surface area contributed by atoms with E-state index < -0.39 is 26.9 Å². The average Bonchev–Trinajstić information content (AvgIpc) is 1.97. The highest BCUT2D eigenvalue weighted by Gasteiger charge is 2.42. The molecule has 0 aromatic carbocycles. The summed E-state index contributed by atoms with van der Waals surface area (Å²) in [4.78, 5) is 11.1. The van der Waals surface area contributed by atoms with Crippen molar-refractivity contribution < 1.29 is 18.3 Å². The molecule has 6 heteroatoms. The predicted octanol–water partition coefficient (Wildman–Crippen LogP) is 1.55. The Labute approximate surface area is 104 Å². The lowest BCUT2D eigenvalue weighted by Gasteiger charge is -2.35. The Morgan fingerprint density at radius 1 is 1.18 bits per heavy atom. The molecule has 0 amide bonds. The van der Waals surface area contributed by atoms with Crippen LogP contribution in [-0.4, -0.2) is 41.6 Å². The fraction of sp³-hybridized carbons (Fsp3) is 0.909. The van der Waals surface area contributed by atoms with Gasteiger partial charge in [0.2, 0.25) is 10.0 Å². The number of carboxylic acid groups (broad SMARTS) is 1. The van der Waals surface area contributed by atoms with E-state index in [1.807, 2.05) is 20.8 Å². The molecule has 5 nitrogen and oxygen atoms in total. The number of likely N-dealkylation sites (N-methyl/N-ethyl adjacent to an activating group) is 1. The van der Waals surface area contributed by atoms with Crippen LogP contribution in [0, 0.1) is 5.41 Å². The SMILES string of the molecule is CCN(C(C)(C)C(=O)O)S(=O)(=O)CC(C)(C)C. The van der Waals surface area contributed by atoms with Gasteiger partial charge in [0.05, 0.1) is 5.75 Å². The van der Waals surface area contributed by atoms with Crippen molar-refractivity contribution in [2.45, 2.75) is 47.1 Å². The largest absolute Gasteiger partial charge is 0.480 e. The zero-order valence-corrected chi connectivity index (χ0v) is 12.3. The molecule has 0 saturated carbocycles. The van der Waals surface area contributed by atoms with Gasteiger partial charge in [-0.2, -0.15) is 4.31 Å². The van der Waals surface area contributed by atoms with Crippen molar-refractivity contribution in [1.82, 2.24) is 4.31 Å². The second-order valence-corrected chi connectivity index (χ2v) is 7.74. The molecule has 0 bridgehead atoms. The van der Waals surface area contributed by atoms with Crippen molar-refractivity contribution in [2.24, 2.45) is 5.41 Å². The molecule has 0 aliphatic heterocycles. The topological polar surface area (TPSA) is 74.7 Å². The van der Waals surface area contributed by atoms with Crippen molar-refractivity contribution in [3.05, 3.63) is 0 Å². The quantitative estimate of drug-likeness (QED) is 0.818. The third-order valence-corrected chi connectivity index (χ3v) is 5.00. The van der Waals surface area contributed by atoms with E-state index >= 15 is 0 Å². The van der Waals surface area contributed by atoms with Crippen molar-refractivity contribution in [3.8, 4) is 0 Å². The molecule has 0 aromatic heterocycles. The molecule has 0 aliphatic carbocycles. The zero-order valence-electron chi connectivity index (χ0n) is 11.4. The number of hydrogen-bond acceptors (Lipinski definition) is 3. The van der Waals surface area contributed by atoms with E-state index in [9.17, 15) is 13.2 Å². The van der Waals surface area contributed by atoms with Crippen LogP contribution in [0.15, 0.2) is 0 Å². The summed E-state index contributed by atoms with van der Waals surface area (Å²) in [6.07, 6.45) is 0. The Hall–Kier alpha value is -0.620. The maximum absolute atomic E-state index is 12.2. The number of sulfonamides is 1. The highest BCUT2D eigenvalue weighted by atomic mass is 32.2. The molecule has 1 N–H and O–H groups in total. The number of hydrogen-bond donors (Lipinski definition) is 1. The Morgan fingerprint density at radius 3 is 1.82 bits per heavy atom. The average molecular weight is 265 g/mol. The van der Waals surface area contributed by atoms with Gasteiger partial charge in [0.1, 0.15) is 5.54 Å². The molecule has 0 rings (SSSR count). The van der Waals surface area contributed by atoms with Crippen LogP contribution in [0.3, 0.4) is 0 Å². The minimum Gasteiger partial charge on any atom is -0.480 e. The first-order valence-corrected chi connectivity index (χ1v) is 7.19. The van der Waals surface area contributed by atoms with Gasteiger partial charge >= 0.3 is 5.97 Å². The van der Waals surface area contributed by atoms with E-state index in [1.165, 1.54) is 13.8 Å². The first-order chi connectivity index (χ1) is 7.34. The Morgan fingerprint density at radius 2 is 1.59 bits per heavy atom. The standard InChI is InChI=1S/C11H23NO4S/c1-7-12(11(5,6)9(13)14)17(15,16)8-10(2,3)4/h7-8H2,1-6H3,(H,13,14). The number of nitrogens with zero attached hydrogens (tertiary/aromatic N) is 1. The van der Waals surface area contributed by atoms with Gasteiger partial charge in [0.25, 0.3) is 0 Å². The summed E-state index contributed by atoms with van der Waals surface area (Å²) >= 11 is 0. The van der Waals surface area contributed by atoms with Crippen LogP contribution in [0.4, 0.5) is 0 Å². The van der Waals surface area contributed by atoms with E-state index in [2.05, 4.69) is 0 Å². The molecule has 0 heterocycles. The minimum absolute atomic E-state index is 0.0649. The third kappa shape index (κ3) is 4.27. The van der Waals surface area contributed by atoms with Crippen molar-refractivity contribution in [3.63, 3.8) is 0 Å². The highest BCUT2D eigenvalue weighted by Crippen LogP contribution is 2.24. The summed E-state index contributed by atoms with van der Waals surface area (Å²) in [5, 5.41) is 9.10. The minimum atomic E-state index is -3.58. The van der Waals surface area contributed by atoms with Gasteiger partial charge in [-0.3, -0.25) is 4.79 Å². The van der Waals surface area contributed by atoms with Gasteiger partial charge < -0.3 is 5.11 Å². The summed E-state index contributed by atoms with van der Waals surface area (Å²) < 4.78 is 25.4. The first kappa shape index (κ1) is 16.4. The molecular weight excluding hydrogens is 242 g/mol. The summed E-state index contributed by atoms with van der Waals surface area (Å²) in [6, 6.07) is 0. The second kappa shape index (κ2) is 4.94. The van der Waals surface area contributed by atoms with E-state index in [0.29, 0.717) is 0 Å². The third-order valence-electron chi connectivity index (χ3n) is 2.39. The molecule has 0 atom stereocenters. The molecule has 0 aliphatic rings. The van der Waals surface area contributed by atoms with Gasteiger partial charge in [0, 0.05) is 6.54 Å². The molecule has 17 heavy (non-hydrogen) atoms. The van der Waals surface area contributed by atoms with E-state index in [0.717, 1.165) is 4.31 Å². The summed E-state index contributed by atoms with van der Waals surface area (Å²) in [5.74, 6) is -1.21. The molecule has 0 aromatic rings. The van der Waals surface area contributed by atoms with E-state index in [4.69, 9.17) is 5.11 Å². The molecule has 0 radical (unpaired) electrons. The number of rotatable bonds is 5. The normalized spacial score (nSPS) is 14.1. The van der Waals surface area contributed by atoms with E-state index in [-0.39, 0.29) is 12.3 Å². The van der Waals surface area contributed by atoms with E-state index in [1.54, 1.807) is 6.92 Å². The zero-order chi connectivity index (χ0) is 14.1. The van der Waals surface area contributed by atoms with Gasteiger partial charge in [-0.05, 0) is 19.3 Å². The van der Waals surface area contributed by atoms with Gasteiger partial charge in [-0.25, -0.2) is 8.42 Å². The predicted molar refractivity (Wildman–Crippen MR) is 67.3 cm³/mol. The fourth-order valence-electron chi connectivity index (χ4n) is 1.67. The molecule has 0 saturated heterocycles. The molecule has 0 spiro atoms. The van der Waals surface area contributed by atoms with Crippen LogP contribution in [-0.2, 0) is 14.8 Å². The van der Waals surface area contributed by atoms with Gasteiger partial charge in [-0.15, -0.1) is 0 Å². The molecule has 0 fully saturated rings. The van der Waals surface area contributed by atoms with Crippen molar-refractivity contribution in [2.75, 3.05) is 12.3 Å². The molecule has 0 unspecified atom stereocenters.